The number of aromatic hydroxyl groups is 1. The van der Waals surface area contributed by atoms with E-state index in [4.69, 9.17) is 0 Å². The number of halogens is 1. The van der Waals surface area contributed by atoms with Gasteiger partial charge in [0, 0.05) is 23.7 Å². The molecule has 110 valence electrons. The fourth-order valence-electron chi connectivity index (χ4n) is 2.17. The molecule has 0 unspecified atom stereocenters. The number of aromatic amines is 1. The molecule has 1 aromatic heterocycles. The Balaban J connectivity index is 0.00000200. The first kappa shape index (κ1) is 16.5. The van der Waals surface area contributed by atoms with Gasteiger partial charge in [-0.05, 0) is 19.2 Å². The van der Waals surface area contributed by atoms with E-state index in [1.54, 1.807) is 6.21 Å². The zero-order valence-electron chi connectivity index (χ0n) is 12.0. The first-order chi connectivity index (χ1) is 9.26. The highest BCUT2D eigenvalue weighted by Crippen LogP contribution is 2.24. The molecular weight excluding hydrogens is 274 g/mol. The summed E-state index contributed by atoms with van der Waals surface area (Å²) in [5.74, 6) is 0.188. The van der Waals surface area contributed by atoms with Crippen molar-refractivity contribution in [2.24, 2.45) is 4.99 Å². The van der Waals surface area contributed by atoms with Gasteiger partial charge in [-0.3, -0.25) is 4.99 Å². The summed E-state index contributed by atoms with van der Waals surface area (Å²) in [5, 5.41) is 10.9. The van der Waals surface area contributed by atoms with Crippen LogP contribution in [0, 0.1) is 0 Å². The van der Waals surface area contributed by atoms with E-state index in [9.17, 15) is 5.11 Å². The van der Waals surface area contributed by atoms with Gasteiger partial charge in [-0.1, -0.05) is 32.0 Å². The number of aliphatic imine (C=N–C) groups is 1. The Morgan fingerprint density at radius 3 is 2.65 bits per heavy atom. The van der Waals surface area contributed by atoms with Crippen LogP contribution in [0.15, 0.2) is 29.3 Å². The van der Waals surface area contributed by atoms with Crippen LogP contribution < -0.4 is 0 Å². The zero-order valence-corrected chi connectivity index (χ0v) is 12.8. The molecule has 0 saturated heterocycles. The Morgan fingerprint density at radius 1 is 1.25 bits per heavy atom. The number of hydrogen-bond donors (Lipinski definition) is 2. The second-order valence-electron chi connectivity index (χ2n) is 4.50. The van der Waals surface area contributed by atoms with Crippen LogP contribution in [-0.4, -0.2) is 47.4 Å². The van der Waals surface area contributed by atoms with Gasteiger partial charge in [-0.2, -0.15) is 0 Å². The lowest BCUT2D eigenvalue weighted by Gasteiger charge is -2.15. The summed E-state index contributed by atoms with van der Waals surface area (Å²) in [7, 11) is 0. The van der Waals surface area contributed by atoms with Gasteiger partial charge in [0.05, 0.1) is 12.1 Å². The van der Waals surface area contributed by atoms with Gasteiger partial charge >= 0.3 is 0 Å². The first-order valence-corrected chi connectivity index (χ1v) is 6.78. The molecule has 0 amide bonds. The molecule has 4 nitrogen and oxygen atoms in total. The lowest BCUT2D eigenvalue weighted by atomic mass is 10.2. The summed E-state index contributed by atoms with van der Waals surface area (Å²) in [5.41, 5.74) is 1.71. The van der Waals surface area contributed by atoms with E-state index >= 15 is 0 Å². The van der Waals surface area contributed by atoms with Crippen molar-refractivity contribution >= 4 is 29.5 Å². The Hall–Kier alpha value is -1.52. The van der Waals surface area contributed by atoms with Gasteiger partial charge in [0.1, 0.15) is 0 Å². The van der Waals surface area contributed by atoms with Crippen LogP contribution >= 0.6 is 12.4 Å². The van der Waals surface area contributed by atoms with Crippen molar-refractivity contribution in [2.75, 3.05) is 26.2 Å². The molecular formula is C15H22ClN3O. The summed E-state index contributed by atoms with van der Waals surface area (Å²) in [6.07, 6.45) is 1.76. The van der Waals surface area contributed by atoms with Crippen molar-refractivity contribution in [1.29, 1.82) is 0 Å². The van der Waals surface area contributed by atoms with E-state index in [1.807, 2.05) is 24.3 Å². The van der Waals surface area contributed by atoms with Crippen LogP contribution in [0.25, 0.3) is 10.9 Å². The first-order valence-electron chi connectivity index (χ1n) is 6.78. The normalized spacial score (nSPS) is 11.3. The maximum atomic E-state index is 9.88. The van der Waals surface area contributed by atoms with Crippen molar-refractivity contribution in [3.8, 4) is 5.88 Å². The maximum Gasteiger partial charge on any atom is 0.198 e. The summed E-state index contributed by atoms with van der Waals surface area (Å²) >= 11 is 0. The predicted octanol–water partition coefficient (Wildman–Crippen LogP) is 3.06. The minimum Gasteiger partial charge on any atom is -0.494 e. The quantitative estimate of drug-likeness (QED) is 0.805. The monoisotopic (exact) mass is 295 g/mol. The topological polar surface area (TPSA) is 51.6 Å². The Bertz CT molecular complexity index is 561. The predicted molar refractivity (Wildman–Crippen MR) is 87.5 cm³/mol. The third-order valence-corrected chi connectivity index (χ3v) is 3.39. The van der Waals surface area contributed by atoms with Gasteiger partial charge in [-0.15, -0.1) is 12.4 Å². The van der Waals surface area contributed by atoms with E-state index in [1.165, 1.54) is 0 Å². The van der Waals surface area contributed by atoms with Crippen LogP contribution in [0.5, 0.6) is 5.88 Å². The molecule has 0 atom stereocenters. The van der Waals surface area contributed by atoms with Crippen molar-refractivity contribution in [3.05, 3.63) is 29.8 Å². The smallest absolute Gasteiger partial charge is 0.198 e. The van der Waals surface area contributed by atoms with Crippen LogP contribution in [0.2, 0.25) is 0 Å². The van der Waals surface area contributed by atoms with Gasteiger partial charge in [0.25, 0.3) is 0 Å². The Labute approximate surface area is 125 Å². The van der Waals surface area contributed by atoms with Crippen molar-refractivity contribution in [2.45, 2.75) is 13.8 Å². The number of nitrogens with zero attached hydrogens (tertiary/aromatic N) is 2. The van der Waals surface area contributed by atoms with Crippen LogP contribution in [0.4, 0.5) is 0 Å². The molecule has 0 saturated carbocycles. The minimum atomic E-state index is 0. The molecule has 0 aliphatic heterocycles. The molecule has 1 heterocycles. The van der Waals surface area contributed by atoms with Crippen molar-refractivity contribution < 1.29 is 5.11 Å². The lowest BCUT2D eigenvalue weighted by Crippen LogP contribution is -2.25. The third kappa shape index (κ3) is 3.74. The molecule has 0 aliphatic rings. The lowest BCUT2D eigenvalue weighted by molar-refractivity contribution is 0.313. The molecule has 20 heavy (non-hydrogen) atoms. The second kappa shape index (κ2) is 7.92. The SMILES string of the molecule is CCN(CC)CCN=Cc1c(O)[nH]c2ccccc12.Cl. The van der Waals surface area contributed by atoms with Crippen molar-refractivity contribution in [1.82, 2.24) is 9.88 Å². The number of nitrogens with one attached hydrogen (secondary N) is 1. The van der Waals surface area contributed by atoms with Gasteiger partial charge in [-0.25, -0.2) is 0 Å². The zero-order chi connectivity index (χ0) is 13.7. The molecule has 2 rings (SSSR count). The van der Waals surface area contributed by atoms with Crippen LogP contribution in [-0.2, 0) is 0 Å². The number of rotatable bonds is 6. The standard InChI is InChI=1S/C15H21N3O.ClH/c1-3-18(4-2)10-9-16-11-13-12-7-5-6-8-14(12)17-15(13)19;/h5-8,11,17,19H,3-4,9-10H2,1-2H3;1H. The molecule has 0 aliphatic carbocycles. The summed E-state index contributed by atoms with van der Waals surface area (Å²) in [4.78, 5) is 9.69. The Morgan fingerprint density at radius 2 is 1.95 bits per heavy atom. The fraction of sp³-hybridized carbons (Fsp3) is 0.400. The number of benzene rings is 1. The number of hydrogen-bond acceptors (Lipinski definition) is 3. The largest absolute Gasteiger partial charge is 0.494 e. The molecule has 0 radical (unpaired) electrons. The van der Waals surface area contributed by atoms with E-state index in [0.717, 1.165) is 42.6 Å². The average molecular weight is 296 g/mol. The molecule has 2 N–H and O–H groups in total. The number of H-pyrrole nitrogens is 1. The summed E-state index contributed by atoms with van der Waals surface area (Å²) in [6.45, 7) is 8.10. The molecule has 0 fully saturated rings. The maximum absolute atomic E-state index is 9.88. The van der Waals surface area contributed by atoms with E-state index in [-0.39, 0.29) is 18.3 Å². The summed E-state index contributed by atoms with van der Waals surface area (Å²) < 4.78 is 0. The summed E-state index contributed by atoms with van der Waals surface area (Å²) in [6, 6.07) is 7.84. The van der Waals surface area contributed by atoms with Gasteiger partial charge in [0.2, 0.25) is 0 Å². The molecule has 5 heteroatoms. The minimum absolute atomic E-state index is 0. The number of aromatic nitrogens is 1. The van der Waals surface area contributed by atoms with E-state index < -0.39 is 0 Å². The highest BCUT2D eigenvalue weighted by Gasteiger charge is 2.07. The van der Waals surface area contributed by atoms with E-state index in [0.29, 0.717) is 0 Å². The van der Waals surface area contributed by atoms with E-state index in [2.05, 4.69) is 28.7 Å². The highest BCUT2D eigenvalue weighted by atomic mass is 35.5. The van der Waals surface area contributed by atoms with Gasteiger partial charge in [0.15, 0.2) is 5.88 Å². The molecule has 2 aromatic rings. The number of fused-ring (bicyclic) bond motifs is 1. The van der Waals surface area contributed by atoms with Gasteiger partial charge < -0.3 is 15.0 Å². The molecule has 0 spiro atoms. The molecule has 1 aromatic carbocycles. The van der Waals surface area contributed by atoms with Crippen LogP contribution in [0.1, 0.15) is 19.4 Å². The number of likely N-dealkylation sites (N-methyl/N-ethyl adjacent to an activating group) is 1. The number of para-hydroxylation sites is 1. The van der Waals surface area contributed by atoms with Crippen molar-refractivity contribution in [3.63, 3.8) is 0 Å². The third-order valence-electron chi connectivity index (χ3n) is 3.39. The average Bonchev–Trinajstić information content (AvgIpc) is 2.75. The highest BCUT2D eigenvalue weighted by molar-refractivity contribution is 6.01. The van der Waals surface area contributed by atoms with Crippen LogP contribution in [0.3, 0.4) is 0 Å². The molecule has 0 bridgehead atoms. The Kier molecular flexibility index (Phi) is 6.55. The fourth-order valence-corrected chi connectivity index (χ4v) is 2.17. The second-order valence-corrected chi connectivity index (χ2v) is 4.50.